The van der Waals surface area contributed by atoms with E-state index < -0.39 is 42.8 Å². The van der Waals surface area contributed by atoms with Crippen molar-refractivity contribution in [3.05, 3.63) is 23.9 Å². The van der Waals surface area contributed by atoms with Gasteiger partial charge in [0.15, 0.2) is 0 Å². The van der Waals surface area contributed by atoms with Crippen molar-refractivity contribution < 1.29 is 27.8 Å². The van der Waals surface area contributed by atoms with Gasteiger partial charge in [-0.3, -0.25) is 4.90 Å². The van der Waals surface area contributed by atoms with Crippen LogP contribution in [0.5, 0.6) is 0 Å². The molecule has 9 heteroatoms. The molecule has 0 saturated carbocycles. The van der Waals surface area contributed by atoms with Gasteiger partial charge in [-0.15, -0.1) is 0 Å². The summed E-state index contributed by atoms with van der Waals surface area (Å²) in [5.74, 6) is -0.0662. The third kappa shape index (κ3) is 3.96. The molecule has 24 heavy (non-hydrogen) atoms. The second-order valence-electron chi connectivity index (χ2n) is 6.15. The van der Waals surface area contributed by atoms with Crippen LogP contribution in [0.2, 0.25) is 0 Å². The number of rotatable bonds is 4. The van der Waals surface area contributed by atoms with Crippen LogP contribution in [0.1, 0.15) is 19.5 Å². The summed E-state index contributed by atoms with van der Waals surface area (Å²) in [7, 11) is 0. The highest BCUT2D eigenvalue weighted by Gasteiger charge is 2.43. The molecule has 1 saturated heterocycles. The van der Waals surface area contributed by atoms with E-state index in [9.17, 15) is 27.8 Å². The minimum absolute atomic E-state index is 0.0662. The standard InChI is InChI=1S/C15H21F4N3O2/c1-8(2)22-7-9(13(23)14(24)10(22)6-16)20-12-5-3-4-11(21-12)15(17,18)19/h3-5,8-10,13-14,23-24H,6-7H2,1-2H3,(H,20,21)/t9-,10+,13+,14-/m0/s1. The second kappa shape index (κ2) is 7.20. The SMILES string of the molecule is CC(C)N1C[C@H](Nc2cccc(C(F)(F)F)n2)[C@@H](O)[C@@H](O)[C@H]1CF. The maximum Gasteiger partial charge on any atom is 0.433 e. The van der Waals surface area contributed by atoms with Gasteiger partial charge in [0.25, 0.3) is 0 Å². The molecule has 0 unspecified atom stereocenters. The van der Waals surface area contributed by atoms with Crippen molar-refractivity contribution in [3.63, 3.8) is 0 Å². The number of alkyl halides is 4. The molecular weight excluding hydrogens is 330 g/mol. The van der Waals surface area contributed by atoms with E-state index in [0.717, 1.165) is 6.07 Å². The molecular formula is C15H21F4N3O2. The fraction of sp³-hybridized carbons (Fsp3) is 0.667. The Morgan fingerprint density at radius 3 is 2.50 bits per heavy atom. The number of halogens is 4. The lowest BCUT2D eigenvalue weighted by molar-refractivity contribution is -0.141. The number of nitrogens with one attached hydrogen (secondary N) is 1. The van der Waals surface area contributed by atoms with Gasteiger partial charge in [-0.2, -0.15) is 13.2 Å². The molecule has 0 bridgehead atoms. The number of aliphatic hydroxyl groups excluding tert-OH is 2. The first-order valence-electron chi connectivity index (χ1n) is 7.63. The van der Waals surface area contributed by atoms with Crippen LogP contribution in [0.3, 0.4) is 0 Å². The Hall–Kier alpha value is -1.45. The Morgan fingerprint density at radius 1 is 1.29 bits per heavy atom. The number of piperidine rings is 1. The highest BCUT2D eigenvalue weighted by molar-refractivity contribution is 5.38. The molecule has 1 aromatic heterocycles. The minimum atomic E-state index is -4.58. The summed E-state index contributed by atoms with van der Waals surface area (Å²) in [6.07, 6.45) is -7.25. The number of aromatic nitrogens is 1. The Bertz CT molecular complexity index is 556. The fourth-order valence-corrected chi connectivity index (χ4v) is 2.90. The molecule has 0 radical (unpaired) electrons. The number of hydrogen-bond donors (Lipinski definition) is 3. The van der Waals surface area contributed by atoms with E-state index >= 15 is 0 Å². The van der Waals surface area contributed by atoms with Crippen molar-refractivity contribution in [2.45, 2.75) is 50.4 Å². The quantitative estimate of drug-likeness (QED) is 0.720. The van der Waals surface area contributed by atoms with E-state index in [0.29, 0.717) is 0 Å². The smallest absolute Gasteiger partial charge is 0.389 e. The zero-order chi connectivity index (χ0) is 18.1. The molecule has 1 aromatic rings. The Balaban J connectivity index is 2.20. The molecule has 0 aromatic carbocycles. The molecule has 1 fully saturated rings. The normalized spacial score (nSPS) is 29.0. The molecule has 0 spiro atoms. The number of likely N-dealkylation sites (tertiary alicyclic amines) is 1. The zero-order valence-electron chi connectivity index (χ0n) is 13.3. The molecule has 1 aliphatic rings. The van der Waals surface area contributed by atoms with Crippen LogP contribution in [0.15, 0.2) is 18.2 Å². The van der Waals surface area contributed by atoms with E-state index in [1.165, 1.54) is 12.1 Å². The van der Waals surface area contributed by atoms with Crippen LogP contribution in [0.4, 0.5) is 23.4 Å². The Labute approximate surface area is 137 Å². The minimum Gasteiger partial charge on any atom is -0.389 e. The summed E-state index contributed by atoms with van der Waals surface area (Å²) in [5.41, 5.74) is -1.05. The maximum atomic E-state index is 13.2. The number of nitrogens with zero attached hydrogens (tertiary/aromatic N) is 2. The summed E-state index contributed by atoms with van der Waals surface area (Å²) in [4.78, 5) is 5.15. The van der Waals surface area contributed by atoms with Gasteiger partial charge in [0.05, 0.1) is 18.2 Å². The van der Waals surface area contributed by atoms with E-state index in [2.05, 4.69) is 10.3 Å². The summed E-state index contributed by atoms with van der Waals surface area (Å²) >= 11 is 0. The van der Waals surface area contributed by atoms with Crippen molar-refractivity contribution in [1.29, 1.82) is 0 Å². The first-order chi connectivity index (χ1) is 11.1. The number of hydrogen-bond acceptors (Lipinski definition) is 5. The van der Waals surface area contributed by atoms with Crippen molar-refractivity contribution in [2.24, 2.45) is 0 Å². The van der Waals surface area contributed by atoms with Crippen LogP contribution >= 0.6 is 0 Å². The molecule has 3 N–H and O–H groups in total. The summed E-state index contributed by atoms with van der Waals surface area (Å²) in [6, 6.07) is 1.65. The number of pyridine rings is 1. The third-order valence-corrected chi connectivity index (χ3v) is 4.18. The predicted molar refractivity (Wildman–Crippen MR) is 80.3 cm³/mol. The van der Waals surface area contributed by atoms with E-state index in [-0.39, 0.29) is 18.4 Å². The second-order valence-corrected chi connectivity index (χ2v) is 6.15. The molecule has 136 valence electrons. The summed E-state index contributed by atoms with van der Waals surface area (Å²) in [5, 5.41) is 23.0. The van der Waals surface area contributed by atoms with Crippen molar-refractivity contribution in [1.82, 2.24) is 9.88 Å². The van der Waals surface area contributed by atoms with Crippen LogP contribution < -0.4 is 5.32 Å². The van der Waals surface area contributed by atoms with Gasteiger partial charge >= 0.3 is 6.18 Å². The van der Waals surface area contributed by atoms with Crippen molar-refractivity contribution >= 4 is 5.82 Å². The van der Waals surface area contributed by atoms with Crippen LogP contribution in [-0.2, 0) is 6.18 Å². The Morgan fingerprint density at radius 2 is 1.96 bits per heavy atom. The van der Waals surface area contributed by atoms with Gasteiger partial charge in [0.1, 0.15) is 24.3 Å². The molecule has 0 amide bonds. The molecule has 5 nitrogen and oxygen atoms in total. The topological polar surface area (TPSA) is 68.6 Å². The first-order valence-corrected chi connectivity index (χ1v) is 7.63. The van der Waals surface area contributed by atoms with E-state index in [4.69, 9.17) is 0 Å². The van der Waals surface area contributed by atoms with Crippen molar-refractivity contribution in [2.75, 3.05) is 18.5 Å². The molecule has 0 aliphatic carbocycles. The fourth-order valence-electron chi connectivity index (χ4n) is 2.90. The predicted octanol–water partition coefficient (Wildman–Crippen LogP) is 1.66. The van der Waals surface area contributed by atoms with Crippen LogP contribution in [0.25, 0.3) is 0 Å². The van der Waals surface area contributed by atoms with Gasteiger partial charge in [-0.25, -0.2) is 9.37 Å². The zero-order valence-corrected chi connectivity index (χ0v) is 13.3. The maximum absolute atomic E-state index is 13.2. The van der Waals surface area contributed by atoms with Gasteiger partial charge < -0.3 is 15.5 Å². The number of anilines is 1. The highest BCUT2D eigenvalue weighted by atomic mass is 19.4. The first kappa shape index (κ1) is 18.9. The molecule has 1 aliphatic heterocycles. The third-order valence-electron chi connectivity index (χ3n) is 4.18. The van der Waals surface area contributed by atoms with E-state index in [1.54, 1.807) is 4.90 Å². The summed E-state index contributed by atoms with van der Waals surface area (Å²) < 4.78 is 51.3. The van der Waals surface area contributed by atoms with E-state index in [1.807, 2.05) is 13.8 Å². The van der Waals surface area contributed by atoms with Crippen LogP contribution in [0, 0.1) is 0 Å². The van der Waals surface area contributed by atoms with Crippen molar-refractivity contribution in [3.8, 4) is 0 Å². The lowest BCUT2D eigenvalue weighted by Crippen LogP contribution is -2.65. The van der Waals surface area contributed by atoms with Gasteiger partial charge in [-0.05, 0) is 26.0 Å². The molecule has 4 atom stereocenters. The molecule has 2 heterocycles. The Kier molecular flexibility index (Phi) is 5.67. The largest absolute Gasteiger partial charge is 0.433 e. The highest BCUT2D eigenvalue weighted by Crippen LogP contribution is 2.29. The van der Waals surface area contributed by atoms with Gasteiger partial charge in [0.2, 0.25) is 0 Å². The lowest BCUT2D eigenvalue weighted by Gasteiger charge is -2.46. The molecule has 2 rings (SSSR count). The average Bonchev–Trinajstić information content (AvgIpc) is 2.51. The lowest BCUT2D eigenvalue weighted by atomic mass is 9.91. The number of aliphatic hydroxyl groups is 2. The summed E-state index contributed by atoms with van der Waals surface area (Å²) in [6.45, 7) is 2.96. The van der Waals surface area contributed by atoms with Crippen LogP contribution in [-0.4, -0.2) is 63.6 Å². The average molecular weight is 351 g/mol. The van der Waals surface area contributed by atoms with Gasteiger partial charge in [0, 0.05) is 12.6 Å². The monoisotopic (exact) mass is 351 g/mol. The van der Waals surface area contributed by atoms with Gasteiger partial charge in [-0.1, -0.05) is 6.07 Å².